The molecule has 354 valence electrons. The zero-order valence-electron chi connectivity index (χ0n) is 39.7. The number of hydrogen-bond donors (Lipinski definition) is 0. The van der Waals surface area contributed by atoms with Gasteiger partial charge in [-0.3, -0.25) is 9.59 Å². The number of carbonyl (C=O) groups excluding carboxylic acids is 4. The maximum Gasteiger partial charge on any atom is 0.598 e. The number of unbranched alkanes of at least 4 members (excludes halogenated alkanes) is 2. The van der Waals surface area contributed by atoms with Gasteiger partial charge in [0.25, 0.3) is 0 Å². The quantitative estimate of drug-likeness (QED) is 0.0212. The number of esters is 2. The molecule has 4 rings (SSSR count). The van der Waals surface area contributed by atoms with Crippen LogP contribution in [0, 0.1) is 22.7 Å². The van der Waals surface area contributed by atoms with Gasteiger partial charge in [0.2, 0.25) is 0 Å². The monoisotopic (exact) mass is 922 g/mol. The fourth-order valence-corrected chi connectivity index (χ4v) is 7.20. The molecule has 0 aliphatic rings. The molecule has 0 amide bonds. The Kier molecular flexibility index (Phi) is 21.9. The second-order valence-corrected chi connectivity index (χ2v) is 15.5. The molecule has 0 atom stereocenters. The van der Waals surface area contributed by atoms with Crippen LogP contribution in [0.25, 0.3) is 44.4 Å². The third kappa shape index (κ3) is 13.2. The highest BCUT2D eigenvalue weighted by Gasteiger charge is 2.38. The van der Waals surface area contributed by atoms with Crippen LogP contribution in [0.4, 0.5) is 0 Å². The largest absolute Gasteiger partial charge is 0.598 e. The highest BCUT2D eigenvalue weighted by molar-refractivity contribution is 6.47. The molecule has 0 aliphatic carbocycles. The maximum absolute atomic E-state index is 14.0. The van der Waals surface area contributed by atoms with Crippen molar-refractivity contribution >= 4 is 59.9 Å². The van der Waals surface area contributed by atoms with E-state index in [9.17, 15) is 29.7 Å². The summed E-state index contributed by atoms with van der Waals surface area (Å²) in [5.41, 5.74) is 1.16. The van der Waals surface area contributed by atoms with Crippen molar-refractivity contribution in [3.63, 3.8) is 0 Å². The molecule has 0 N–H and O–H groups in total. The van der Waals surface area contributed by atoms with Gasteiger partial charge < -0.3 is 37.0 Å². The third-order valence-corrected chi connectivity index (χ3v) is 10.6. The predicted molar refractivity (Wildman–Crippen MR) is 265 cm³/mol. The highest BCUT2D eigenvalue weighted by atomic mass is 16.6. The van der Waals surface area contributed by atoms with E-state index in [-0.39, 0.29) is 94.8 Å². The number of hydrogen-bond acceptors (Lipinski definition) is 12. The minimum Gasteiger partial charge on any atom is -0.462 e. The number of carbonyl (C=O) groups is 4. The lowest BCUT2D eigenvalue weighted by Crippen LogP contribution is -2.43. The summed E-state index contributed by atoms with van der Waals surface area (Å²) in [5.74, 6) is -2.33. The molecule has 0 spiro atoms. The van der Waals surface area contributed by atoms with Gasteiger partial charge in [-0.25, -0.2) is 9.59 Å². The number of nitrogens with zero attached hydrogens (tertiary/aromatic N) is 4. The van der Waals surface area contributed by atoms with Crippen LogP contribution in [0.15, 0.2) is 99.2 Å². The molecular formula is C52H60B2N4O10. The molecule has 0 unspecified atom stereocenters. The van der Waals surface area contributed by atoms with Crippen molar-refractivity contribution in [1.82, 2.24) is 8.96 Å². The fourth-order valence-electron chi connectivity index (χ4n) is 7.20. The summed E-state index contributed by atoms with van der Waals surface area (Å²) < 4.78 is 40.1. The van der Waals surface area contributed by atoms with E-state index < -0.39 is 38.0 Å². The van der Waals surface area contributed by atoms with Gasteiger partial charge in [-0.1, -0.05) is 75.3 Å². The van der Waals surface area contributed by atoms with Crippen LogP contribution in [0.2, 0.25) is 0 Å². The molecule has 0 fully saturated rings. The number of fused-ring (bicyclic) bond motifs is 1. The van der Waals surface area contributed by atoms with E-state index in [0.717, 1.165) is 12.8 Å². The lowest BCUT2D eigenvalue weighted by atomic mass is 9.99. The molecule has 2 heterocycles. The van der Waals surface area contributed by atoms with Gasteiger partial charge in [0.05, 0.1) is 46.4 Å². The molecule has 4 aromatic rings. The van der Waals surface area contributed by atoms with Gasteiger partial charge in [0.1, 0.15) is 23.3 Å². The Bertz CT molecular complexity index is 2460. The Morgan fingerprint density at radius 2 is 0.853 bits per heavy atom. The van der Waals surface area contributed by atoms with Gasteiger partial charge >= 0.3 is 26.4 Å². The normalized spacial score (nSPS) is 11.7. The Balaban J connectivity index is 2.47. The number of aromatic nitrogens is 2. The molecule has 0 saturated heterocycles. The Morgan fingerprint density at radius 1 is 0.544 bits per heavy atom. The van der Waals surface area contributed by atoms with Crippen LogP contribution < -0.4 is 10.7 Å². The van der Waals surface area contributed by atoms with Gasteiger partial charge in [-0.2, -0.15) is 10.5 Å². The second-order valence-electron chi connectivity index (χ2n) is 15.5. The second kappa shape index (κ2) is 27.7. The van der Waals surface area contributed by atoms with Crippen molar-refractivity contribution < 1.29 is 47.3 Å². The molecule has 68 heavy (non-hydrogen) atoms. The molecular weight excluding hydrogens is 862 g/mol. The van der Waals surface area contributed by atoms with E-state index in [1.54, 1.807) is 81.8 Å². The molecule has 0 saturated carbocycles. The number of ketones is 2. The van der Waals surface area contributed by atoms with Crippen molar-refractivity contribution in [1.29, 1.82) is 10.5 Å². The van der Waals surface area contributed by atoms with E-state index in [1.165, 1.54) is 13.8 Å². The van der Waals surface area contributed by atoms with Gasteiger partial charge in [0.15, 0.2) is 11.6 Å². The average molecular weight is 923 g/mol. The number of benzene rings is 2. The summed E-state index contributed by atoms with van der Waals surface area (Å²) in [5, 5.41) is 22.6. The fraction of sp³-hybridized carbons (Fsp3) is 0.346. The highest BCUT2D eigenvalue weighted by Crippen LogP contribution is 2.36. The van der Waals surface area contributed by atoms with Crippen LogP contribution >= 0.6 is 0 Å². The van der Waals surface area contributed by atoms with Crippen molar-refractivity contribution in [2.45, 2.75) is 79.1 Å². The summed E-state index contributed by atoms with van der Waals surface area (Å²) in [6.07, 6.45) is 11.2. The zero-order valence-corrected chi connectivity index (χ0v) is 39.7. The van der Waals surface area contributed by atoms with Gasteiger partial charge in [-0.05, 0) is 87.8 Å². The molecule has 0 bridgehead atoms. The number of Topliss-reactive ketones (excluding diaryl/α,β-unsaturated/α-hetero) is 2. The first-order chi connectivity index (χ1) is 33.0. The van der Waals surface area contributed by atoms with Crippen LogP contribution in [0.5, 0.6) is 0 Å². The molecule has 0 aliphatic heterocycles. The van der Waals surface area contributed by atoms with E-state index >= 15 is 0 Å². The van der Waals surface area contributed by atoms with Crippen LogP contribution in [-0.4, -0.2) is 86.6 Å². The number of nitriles is 2. The Morgan fingerprint density at radius 3 is 1.10 bits per heavy atom. The van der Waals surface area contributed by atoms with E-state index in [1.807, 2.05) is 13.8 Å². The number of ether oxygens (including phenoxy) is 2. The third-order valence-electron chi connectivity index (χ3n) is 10.6. The number of rotatable bonds is 30. The van der Waals surface area contributed by atoms with Crippen molar-refractivity contribution in [2.24, 2.45) is 0 Å². The van der Waals surface area contributed by atoms with Gasteiger partial charge in [-0.15, -0.1) is 26.3 Å². The average Bonchev–Trinajstić information content (AvgIpc) is 3.84. The predicted octanol–water partition coefficient (Wildman–Crippen LogP) is 8.25. The smallest absolute Gasteiger partial charge is 0.462 e. The van der Waals surface area contributed by atoms with Crippen LogP contribution in [0.3, 0.4) is 0 Å². The SMILES string of the molecule is C=CCCOB(OCCC=C)n1c(-c2ccc(C(=O)OCCCC)cc2)c2/c(=C(/C#N)C(C)=O)n(B(OCCC=C)OCCC=C)c(-c3ccc(C(=O)OCCCC)cc3)c2/c1=C(/C#N)C(C)=O. The molecule has 16 heteroatoms. The summed E-state index contributed by atoms with van der Waals surface area (Å²) in [6, 6.07) is 17.2. The summed E-state index contributed by atoms with van der Waals surface area (Å²) in [7, 11) is -2.70. The summed E-state index contributed by atoms with van der Waals surface area (Å²) in [4.78, 5) is 54.4. The van der Waals surface area contributed by atoms with Crippen molar-refractivity contribution in [2.75, 3.05) is 39.6 Å². The Hall–Kier alpha value is -6.81. The summed E-state index contributed by atoms with van der Waals surface area (Å²) >= 11 is 0. The van der Waals surface area contributed by atoms with Gasteiger partial charge in [0, 0.05) is 37.2 Å². The molecule has 14 nitrogen and oxygen atoms in total. The minimum atomic E-state index is -1.35. The lowest BCUT2D eigenvalue weighted by Gasteiger charge is -2.22. The van der Waals surface area contributed by atoms with Crippen molar-refractivity contribution in [3.8, 4) is 34.7 Å². The van der Waals surface area contributed by atoms with Crippen LogP contribution in [0.1, 0.15) is 99.8 Å². The lowest BCUT2D eigenvalue weighted by molar-refractivity contribution is -0.112. The first-order valence-corrected chi connectivity index (χ1v) is 22.8. The van der Waals surface area contributed by atoms with Crippen LogP contribution in [-0.2, 0) is 37.7 Å². The summed E-state index contributed by atoms with van der Waals surface area (Å²) in [6.45, 7) is 22.7. The van der Waals surface area contributed by atoms with Crippen molar-refractivity contribution in [3.05, 3.63) is 121 Å². The standard InChI is InChI=1S/C52H60B2N4O10/c1-9-15-29-63-51(61)41-25-21-39(22-26-41)47-45-46(50(44(36-56)38(8)60)57(47)53(65-31-17-11-3)66-32-18-12-4)48(40-23-27-42(28-24-40)52(62)64-30-16-10-2)58(49(45)43(35-55)37(7)59)54(67-33-19-13-5)68-34-20-14-6/h11-14,21-28H,3-6,9-10,15-20,29-34H2,1-2,7-8H3/b49-43+,50-44+. The minimum absolute atomic E-state index is 0.0186. The first kappa shape index (κ1) is 53.8. The maximum atomic E-state index is 14.0. The topological polar surface area (TPSA) is 181 Å². The zero-order chi connectivity index (χ0) is 49.6. The molecule has 2 aromatic carbocycles. The first-order valence-electron chi connectivity index (χ1n) is 22.8. The molecule has 2 aromatic heterocycles. The van der Waals surface area contributed by atoms with E-state index in [2.05, 4.69) is 38.5 Å². The Labute approximate surface area is 399 Å². The molecule has 0 radical (unpaired) electrons. The van der Waals surface area contributed by atoms with E-state index in [0.29, 0.717) is 49.7 Å². The van der Waals surface area contributed by atoms with E-state index in [4.69, 9.17) is 28.1 Å².